The molecular weight excluding hydrogens is 257 g/mol. The minimum absolute atomic E-state index is 0.151. The van der Waals surface area contributed by atoms with Crippen LogP contribution in [0.25, 0.3) is 0 Å². The second-order valence-corrected chi connectivity index (χ2v) is 5.80. The molecule has 108 valence electrons. The second kappa shape index (κ2) is 5.48. The first-order chi connectivity index (χ1) is 9.65. The molecule has 1 aromatic heterocycles. The SMILES string of the molecule is CC1CN2CCCCC2CN1C(=O)c1cccc(F)n1. The molecule has 2 atom stereocenters. The third-order valence-corrected chi connectivity index (χ3v) is 4.38. The van der Waals surface area contributed by atoms with Gasteiger partial charge in [0.1, 0.15) is 5.69 Å². The van der Waals surface area contributed by atoms with Crippen LogP contribution < -0.4 is 0 Å². The molecule has 2 fully saturated rings. The number of halogens is 1. The third kappa shape index (κ3) is 2.54. The van der Waals surface area contributed by atoms with Crippen molar-refractivity contribution in [3.05, 3.63) is 29.8 Å². The maximum Gasteiger partial charge on any atom is 0.272 e. The van der Waals surface area contributed by atoms with Gasteiger partial charge in [0.2, 0.25) is 5.95 Å². The van der Waals surface area contributed by atoms with E-state index in [2.05, 4.69) is 16.8 Å². The first kappa shape index (κ1) is 13.5. The first-order valence-electron chi connectivity index (χ1n) is 7.33. The predicted molar refractivity (Wildman–Crippen MR) is 73.9 cm³/mol. The number of piperidine rings is 1. The van der Waals surface area contributed by atoms with Gasteiger partial charge in [-0.1, -0.05) is 12.5 Å². The lowest BCUT2D eigenvalue weighted by atomic mass is 9.97. The molecule has 1 aromatic rings. The summed E-state index contributed by atoms with van der Waals surface area (Å²) in [6, 6.07) is 5.00. The molecule has 0 spiro atoms. The van der Waals surface area contributed by atoms with Crippen molar-refractivity contribution in [1.82, 2.24) is 14.8 Å². The van der Waals surface area contributed by atoms with Gasteiger partial charge in [-0.05, 0) is 38.4 Å². The van der Waals surface area contributed by atoms with Crippen molar-refractivity contribution >= 4 is 5.91 Å². The van der Waals surface area contributed by atoms with Crippen molar-refractivity contribution in [2.75, 3.05) is 19.6 Å². The summed E-state index contributed by atoms with van der Waals surface area (Å²) in [4.78, 5) is 20.6. The Balaban J connectivity index is 1.77. The van der Waals surface area contributed by atoms with Gasteiger partial charge in [-0.25, -0.2) is 4.98 Å². The fourth-order valence-electron chi connectivity index (χ4n) is 3.31. The average Bonchev–Trinajstić information content (AvgIpc) is 2.46. The van der Waals surface area contributed by atoms with Crippen molar-refractivity contribution in [2.45, 2.75) is 38.3 Å². The quantitative estimate of drug-likeness (QED) is 0.736. The fourth-order valence-corrected chi connectivity index (χ4v) is 3.31. The number of aromatic nitrogens is 1. The molecule has 0 bridgehead atoms. The molecule has 5 heteroatoms. The van der Waals surface area contributed by atoms with E-state index in [4.69, 9.17) is 0 Å². The number of piperazine rings is 1. The van der Waals surface area contributed by atoms with Gasteiger partial charge in [-0.3, -0.25) is 9.69 Å². The highest BCUT2D eigenvalue weighted by Gasteiger charge is 2.35. The van der Waals surface area contributed by atoms with Crippen molar-refractivity contribution in [3.63, 3.8) is 0 Å². The van der Waals surface area contributed by atoms with Crippen molar-refractivity contribution in [1.29, 1.82) is 0 Å². The van der Waals surface area contributed by atoms with Crippen LogP contribution >= 0.6 is 0 Å². The number of carbonyl (C=O) groups excluding carboxylic acids is 1. The van der Waals surface area contributed by atoms with E-state index in [0.717, 1.165) is 26.1 Å². The summed E-state index contributed by atoms with van der Waals surface area (Å²) in [5.74, 6) is -0.748. The van der Waals surface area contributed by atoms with Gasteiger partial charge in [-0.15, -0.1) is 0 Å². The molecule has 4 nitrogen and oxygen atoms in total. The van der Waals surface area contributed by atoms with E-state index in [1.165, 1.54) is 25.0 Å². The van der Waals surface area contributed by atoms with Gasteiger partial charge in [0.15, 0.2) is 0 Å². The molecule has 0 radical (unpaired) electrons. The minimum Gasteiger partial charge on any atom is -0.332 e. The van der Waals surface area contributed by atoms with Crippen LogP contribution in [0.3, 0.4) is 0 Å². The molecule has 2 aliphatic rings. The first-order valence-corrected chi connectivity index (χ1v) is 7.33. The predicted octanol–water partition coefficient (Wildman–Crippen LogP) is 1.92. The van der Waals surface area contributed by atoms with Crippen LogP contribution in [0.1, 0.15) is 36.7 Å². The Kier molecular flexibility index (Phi) is 3.70. The van der Waals surface area contributed by atoms with E-state index >= 15 is 0 Å². The average molecular weight is 277 g/mol. The monoisotopic (exact) mass is 277 g/mol. The Morgan fingerprint density at radius 2 is 2.20 bits per heavy atom. The number of amides is 1. The molecule has 2 saturated heterocycles. The van der Waals surface area contributed by atoms with Crippen molar-refractivity contribution in [2.24, 2.45) is 0 Å². The van der Waals surface area contributed by atoms with E-state index in [1.54, 1.807) is 6.07 Å². The molecule has 0 N–H and O–H groups in total. The summed E-state index contributed by atoms with van der Waals surface area (Å²) in [5.41, 5.74) is 0.209. The molecule has 3 heterocycles. The largest absolute Gasteiger partial charge is 0.332 e. The zero-order chi connectivity index (χ0) is 14.1. The van der Waals surface area contributed by atoms with E-state index < -0.39 is 5.95 Å². The Bertz CT molecular complexity index is 508. The van der Waals surface area contributed by atoms with E-state index in [0.29, 0.717) is 6.04 Å². The third-order valence-electron chi connectivity index (χ3n) is 4.38. The topological polar surface area (TPSA) is 36.4 Å². The zero-order valence-electron chi connectivity index (χ0n) is 11.8. The van der Waals surface area contributed by atoms with Crippen LogP contribution in [-0.4, -0.2) is 52.4 Å². The normalized spacial score (nSPS) is 27.2. The number of hydrogen-bond donors (Lipinski definition) is 0. The van der Waals surface area contributed by atoms with Crippen LogP contribution in [0, 0.1) is 5.95 Å². The molecular formula is C15H20FN3O. The summed E-state index contributed by atoms with van der Waals surface area (Å²) < 4.78 is 13.2. The molecule has 20 heavy (non-hydrogen) atoms. The number of carbonyl (C=O) groups is 1. The van der Waals surface area contributed by atoms with E-state index in [9.17, 15) is 9.18 Å². The molecule has 0 aliphatic carbocycles. The molecule has 2 aliphatic heterocycles. The van der Waals surface area contributed by atoms with Gasteiger partial charge < -0.3 is 4.90 Å². The summed E-state index contributed by atoms with van der Waals surface area (Å²) in [6.45, 7) is 4.83. The number of rotatable bonds is 1. The molecule has 3 rings (SSSR count). The fraction of sp³-hybridized carbons (Fsp3) is 0.600. The second-order valence-electron chi connectivity index (χ2n) is 5.80. The molecule has 0 aromatic carbocycles. The highest BCUT2D eigenvalue weighted by atomic mass is 19.1. The summed E-state index contributed by atoms with van der Waals surface area (Å²) >= 11 is 0. The van der Waals surface area contributed by atoms with Gasteiger partial charge in [-0.2, -0.15) is 4.39 Å². The van der Waals surface area contributed by atoms with Crippen molar-refractivity contribution in [3.8, 4) is 0 Å². The molecule has 2 unspecified atom stereocenters. The van der Waals surface area contributed by atoms with Crippen LogP contribution in [-0.2, 0) is 0 Å². The lowest BCUT2D eigenvalue weighted by molar-refractivity contribution is 0.0147. The maximum absolute atomic E-state index is 13.2. The highest BCUT2D eigenvalue weighted by molar-refractivity contribution is 5.92. The van der Waals surface area contributed by atoms with Crippen LogP contribution in [0.5, 0.6) is 0 Å². The standard InChI is InChI=1S/C15H20FN3O/c1-11-9-18-8-3-2-5-12(18)10-19(11)15(20)13-6-4-7-14(16)17-13/h4,6-7,11-12H,2-3,5,8-10H2,1H3. The molecule has 0 saturated carbocycles. The summed E-state index contributed by atoms with van der Waals surface area (Å²) in [6.07, 6.45) is 3.63. The van der Waals surface area contributed by atoms with E-state index in [-0.39, 0.29) is 17.6 Å². The number of nitrogens with zero attached hydrogens (tertiary/aromatic N) is 3. The van der Waals surface area contributed by atoms with Gasteiger partial charge in [0.25, 0.3) is 5.91 Å². The van der Waals surface area contributed by atoms with Crippen LogP contribution in [0.2, 0.25) is 0 Å². The summed E-state index contributed by atoms with van der Waals surface area (Å²) in [7, 11) is 0. The Morgan fingerprint density at radius 3 is 3.00 bits per heavy atom. The van der Waals surface area contributed by atoms with Crippen molar-refractivity contribution < 1.29 is 9.18 Å². The van der Waals surface area contributed by atoms with Crippen LogP contribution in [0.15, 0.2) is 18.2 Å². The highest BCUT2D eigenvalue weighted by Crippen LogP contribution is 2.24. The maximum atomic E-state index is 13.2. The number of pyridine rings is 1. The smallest absolute Gasteiger partial charge is 0.272 e. The Hall–Kier alpha value is -1.49. The van der Waals surface area contributed by atoms with Gasteiger partial charge >= 0.3 is 0 Å². The van der Waals surface area contributed by atoms with Crippen LogP contribution in [0.4, 0.5) is 4.39 Å². The lowest BCUT2D eigenvalue weighted by Gasteiger charge is -2.47. The zero-order valence-corrected chi connectivity index (χ0v) is 11.8. The van der Waals surface area contributed by atoms with Gasteiger partial charge in [0, 0.05) is 25.2 Å². The molecule has 1 amide bonds. The minimum atomic E-state index is -0.597. The number of fused-ring (bicyclic) bond motifs is 1. The summed E-state index contributed by atoms with van der Waals surface area (Å²) in [5, 5.41) is 0. The van der Waals surface area contributed by atoms with E-state index in [1.807, 2.05) is 4.90 Å². The number of hydrogen-bond acceptors (Lipinski definition) is 3. The Morgan fingerprint density at radius 1 is 1.35 bits per heavy atom. The van der Waals surface area contributed by atoms with Gasteiger partial charge in [0.05, 0.1) is 0 Å². The Labute approximate surface area is 118 Å². The lowest BCUT2D eigenvalue weighted by Crippen LogP contribution is -2.60.